The molecule has 4 aromatic heterocycles. The van der Waals surface area contributed by atoms with Crippen molar-refractivity contribution in [1.82, 2.24) is 9.25 Å². The van der Waals surface area contributed by atoms with Gasteiger partial charge in [0.1, 0.15) is 28.3 Å². The Hall–Kier alpha value is -6.24. The topological polar surface area (TPSA) is 26.8 Å². The molecule has 0 aliphatic carbocycles. The van der Waals surface area contributed by atoms with Crippen LogP contribution in [0.2, 0.25) is 0 Å². The van der Waals surface area contributed by atoms with E-state index in [-0.39, 0.29) is 0 Å². The minimum atomic E-state index is -0.678. The third kappa shape index (κ3) is 3.11. The van der Waals surface area contributed by atoms with Gasteiger partial charge in [-0.15, -0.1) is 16.0 Å². The Morgan fingerprint density at radius 2 is 1.33 bits per heavy atom. The van der Waals surface area contributed by atoms with Crippen LogP contribution in [-0.2, 0) is 5.66 Å². The maximum absolute atomic E-state index is 6.79. The fourth-order valence-corrected chi connectivity index (χ4v) is 9.66. The highest BCUT2D eigenvalue weighted by Crippen LogP contribution is 2.55. The van der Waals surface area contributed by atoms with Crippen LogP contribution < -0.4 is 14.0 Å². The van der Waals surface area contributed by atoms with E-state index >= 15 is 0 Å². The van der Waals surface area contributed by atoms with Crippen molar-refractivity contribution < 1.29 is 14.0 Å². The van der Waals surface area contributed by atoms with Crippen LogP contribution in [0.3, 0.4) is 0 Å². The Morgan fingerprint density at radius 3 is 2.20 bits per heavy atom. The van der Waals surface area contributed by atoms with Gasteiger partial charge < -0.3 is 4.74 Å². The molecular formula is C43H26N4OS+2. The van der Waals surface area contributed by atoms with Gasteiger partial charge in [0.05, 0.1) is 18.0 Å². The molecule has 228 valence electrons. The molecule has 0 saturated heterocycles. The number of hydrogen-bond acceptors (Lipinski definition) is 2. The van der Waals surface area contributed by atoms with Gasteiger partial charge in [0.2, 0.25) is 6.20 Å². The molecule has 9 aromatic rings. The van der Waals surface area contributed by atoms with Crippen LogP contribution in [0.15, 0.2) is 158 Å². The normalized spacial score (nSPS) is 16.0. The highest BCUT2D eigenvalue weighted by molar-refractivity contribution is 7.18. The van der Waals surface area contributed by atoms with Crippen molar-refractivity contribution in [2.24, 2.45) is 0 Å². The lowest BCUT2D eigenvalue weighted by Crippen LogP contribution is -2.76. The summed E-state index contributed by atoms with van der Waals surface area (Å²) < 4.78 is 16.4. The van der Waals surface area contributed by atoms with E-state index in [4.69, 9.17) is 4.74 Å². The second kappa shape index (κ2) is 9.01. The Kier molecular flexibility index (Phi) is 4.74. The highest BCUT2D eigenvalue weighted by Gasteiger charge is 2.68. The van der Waals surface area contributed by atoms with Crippen LogP contribution in [0.25, 0.3) is 65.3 Å². The van der Waals surface area contributed by atoms with Crippen molar-refractivity contribution >= 4 is 33.1 Å². The van der Waals surface area contributed by atoms with E-state index < -0.39 is 5.66 Å². The first-order chi connectivity index (χ1) is 24.3. The van der Waals surface area contributed by atoms with E-state index in [1.54, 1.807) is 0 Å². The Morgan fingerprint density at radius 1 is 0.571 bits per heavy atom. The average molecular weight is 647 g/mol. The first kappa shape index (κ1) is 25.8. The molecule has 0 radical (unpaired) electrons. The van der Waals surface area contributed by atoms with Gasteiger partial charge in [0.25, 0.3) is 5.82 Å². The number of ether oxygens (including phenoxy) is 1. The average Bonchev–Trinajstić information content (AvgIpc) is 3.95. The van der Waals surface area contributed by atoms with Gasteiger partial charge in [-0.3, -0.25) is 0 Å². The minimum Gasteiger partial charge on any atom is -0.456 e. The maximum Gasteiger partial charge on any atom is 0.397 e. The number of nitrogens with zero attached hydrogens (tertiary/aromatic N) is 4. The zero-order valence-corrected chi connectivity index (χ0v) is 26.9. The summed E-state index contributed by atoms with van der Waals surface area (Å²) in [6, 6.07) is 50.2. The van der Waals surface area contributed by atoms with Gasteiger partial charge in [-0.1, -0.05) is 83.5 Å². The molecule has 5 aromatic carbocycles. The van der Waals surface area contributed by atoms with E-state index in [1.807, 2.05) is 11.3 Å². The molecule has 3 aliphatic rings. The summed E-state index contributed by atoms with van der Waals surface area (Å²) in [5, 5.41) is 2.48. The van der Waals surface area contributed by atoms with Crippen molar-refractivity contribution in [2.45, 2.75) is 5.66 Å². The van der Waals surface area contributed by atoms with Crippen LogP contribution in [0.1, 0.15) is 11.1 Å². The number of para-hydroxylation sites is 1. The van der Waals surface area contributed by atoms with Gasteiger partial charge >= 0.3 is 5.66 Å². The molecule has 1 atom stereocenters. The molecule has 1 unspecified atom stereocenters. The molecular weight excluding hydrogens is 621 g/mol. The summed E-state index contributed by atoms with van der Waals surface area (Å²) in [6.45, 7) is 0. The largest absolute Gasteiger partial charge is 0.456 e. The monoisotopic (exact) mass is 646 g/mol. The molecule has 6 heteroatoms. The first-order valence-electron chi connectivity index (χ1n) is 16.6. The van der Waals surface area contributed by atoms with E-state index in [0.717, 1.165) is 34.1 Å². The maximum atomic E-state index is 6.79. The highest BCUT2D eigenvalue weighted by atomic mass is 32.1. The molecule has 49 heavy (non-hydrogen) atoms. The van der Waals surface area contributed by atoms with Gasteiger partial charge in [-0.25, -0.2) is 0 Å². The van der Waals surface area contributed by atoms with Crippen LogP contribution >= 0.6 is 11.3 Å². The van der Waals surface area contributed by atoms with Crippen LogP contribution in [-0.4, -0.2) is 9.25 Å². The van der Waals surface area contributed by atoms with E-state index in [0.29, 0.717) is 0 Å². The number of thiophene rings is 1. The molecule has 3 aliphatic heterocycles. The van der Waals surface area contributed by atoms with E-state index in [1.165, 1.54) is 53.8 Å². The summed E-state index contributed by atoms with van der Waals surface area (Å²) >= 11 is 1.84. The summed E-state index contributed by atoms with van der Waals surface area (Å²) in [6.07, 6.45) is 6.84. The molecule has 7 heterocycles. The number of fused-ring (bicyclic) bond motifs is 7. The Balaban J connectivity index is 1.08. The quantitative estimate of drug-likeness (QED) is 0.176. The van der Waals surface area contributed by atoms with E-state index in [2.05, 4.69) is 177 Å². The minimum absolute atomic E-state index is 0.678. The fraction of sp³-hybridized carbons (Fsp3) is 0.0233. The SMILES string of the molecule is c1ccc(-c2ccc(-c3ccc(-c4cn5[n+](c4)C46c7c(cccc7-5)Oc5ccc7c8ccccc8n(c7c54)-c4cccc[n+]46)cc3)s2)cc1. The second-order valence-corrected chi connectivity index (χ2v) is 14.1. The standard InChI is InChI=1S/C43H26N4OS/c1-2-9-28(10-3-1)37-22-23-38(49-37)29-18-16-27(17-19-29)30-25-45-34-13-8-14-35-40(34)43(46(45)26-30)41-36(48-35)21-20-32-31-11-4-5-12-33(31)47(42(32)41)39-15-6-7-24-44(39)43/h1-26H/q+2. The van der Waals surface area contributed by atoms with Crippen molar-refractivity contribution in [3.8, 4) is 55.0 Å². The number of aromatic nitrogens is 4. The molecule has 0 amide bonds. The molecule has 0 fully saturated rings. The molecule has 5 nitrogen and oxygen atoms in total. The molecule has 0 saturated carbocycles. The summed E-state index contributed by atoms with van der Waals surface area (Å²) in [5.74, 6) is 2.91. The summed E-state index contributed by atoms with van der Waals surface area (Å²) in [7, 11) is 0. The lowest BCUT2D eigenvalue weighted by Gasteiger charge is -2.32. The van der Waals surface area contributed by atoms with Crippen molar-refractivity contribution in [1.29, 1.82) is 0 Å². The smallest absolute Gasteiger partial charge is 0.397 e. The summed E-state index contributed by atoms with van der Waals surface area (Å²) in [5.41, 5.74) is 10.0. The molecule has 0 bridgehead atoms. The van der Waals surface area contributed by atoms with Gasteiger partial charge in [0, 0.05) is 26.6 Å². The zero-order chi connectivity index (χ0) is 31.8. The number of rotatable bonds is 3. The second-order valence-electron chi connectivity index (χ2n) is 13.1. The molecule has 0 N–H and O–H groups in total. The van der Waals surface area contributed by atoms with Crippen molar-refractivity contribution in [2.75, 3.05) is 0 Å². The number of hydrogen-bond donors (Lipinski definition) is 0. The van der Waals surface area contributed by atoms with Crippen molar-refractivity contribution in [3.63, 3.8) is 0 Å². The lowest BCUT2D eigenvalue weighted by molar-refractivity contribution is -0.993. The molecule has 1 spiro atoms. The van der Waals surface area contributed by atoms with Crippen LogP contribution in [0.4, 0.5) is 0 Å². The number of benzene rings is 5. The van der Waals surface area contributed by atoms with Crippen LogP contribution in [0.5, 0.6) is 11.5 Å². The van der Waals surface area contributed by atoms with Crippen LogP contribution in [0, 0.1) is 0 Å². The third-order valence-corrected chi connectivity index (χ3v) is 11.8. The van der Waals surface area contributed by atoms with Gasteiger partial charge in [-0.05, 0) is 71.3 Å². The zero-order valence-electron chi connectivity index (χ0n) is 26.1. The van der Waals surface area contributed by atoms with Gasteiger partial charge in [-0.2, -0.15) is 9.13 Å². The predicted molar refractivity (Wildman–Crippen MR) is 193 cm³/mol. The molecule has 12 rings (SSSR count). The lowest BCUT2D eigenvalue weighted by atomic mass is 9.84. The summed E-state index contributed by atoms with van der Waals surface area (Å²) in [4.78, 5) is 2.56. The van der Waals surface area contributed by atoms with E-state index in [9.17, 15) is 0 Å². The number of pyridine rings is 1. The fourth-order valence-electron chi connectivity index (χ4n) is 8.64. The Labute approximate surface area is 285 Å². The first-order valence-corrected chi connectivity index (χ1v) is 17.4. The van der Waals surface area contributed by atoms with Crippen molar-refractivity contribution in [3.05, 3.63) is 169 Å². The van der Waals surface area contributed by atoms with Gasteiger partial charge in [0.15, 0.2) is 11.1 Å². The Bertz CT molecular complexity index is 2860. The third-order valence-electron chi connectivity index (χ3n) is 10.6. The predicted octanol–water partition coefficient (Wildman–Crippen LogP) is 9.24.